The highest BCUT2D eigenvalue weighted by atomic mass is 19.4. The molecule has 6 aromatic heterocycles. The van der Waals surface area contributed by atoms with Gasteiger partial charge in [-0.1, -0.05) is 54.5 Å². The summed E-state index contributed by atoms with van der Waals surface area (Å²) < 4.78 is 182. The average molecular weight is 1160 g/mol. The molecule has 18 nitrogen and oxygen atoms in total. The molecule has 0 spiro atoms. The Hall–Kier alpha value is -9.63. The van der Waals surface area contributed by atoms with E-state index in [0.29, 0.717) is 35.5 Å². The first kappa shape index (κ1) is 58.5. The third kappa shape index (κ3) is 14.0. The summed E-state index contributed by atoms with van der Waals surface area (Å²) in [6.07, 6.45) is -2.85. The summed E-state index contributed by atoms with van der Waals surface area (Å²) >= 11 is 0. The Kier molecular flexibility index (Phi) is 17.7. The van der Waals surface area contributed by atoms with Gasteiger partial charge < -0.3 is 28.8 Å². The molecule has 0 radical (unpaired) electrons. The Balaban J connectivity index is 0.000000161. The Bertz CT molecular complexity index is 3590. The lowest BCUT2D eigenvalue weighted by molar-refractivity contribution is -0.138. The molecule has 0 saturated heterocycles. The highest BCUT2D eigenvalue weighted by Gasteiger charge is 2.52. The maximum atomic E-state index is 14.4. The van der Waals surface area contributed by atoms with Crippen molar-refractivity contribution in [3.8, 4) is 46.7 Å². The van der Waals surface area contributed by atoms with E-state index in [1.54, 1.807) is 36.1 Å². The normalized spacial score (nSPS) is 13.6. The van der Waals surface area contributed by atoms with Crippen LogP contribution in [-0.2, 0) is 17.9 Å². The smallest absolute Gasteiger partial charge is 0.415 e. The molecule has 10 rings (SSSR count). The molecule has 1 fully saturated rings. The molecule has 0 amide bonds. The van der Waals surface area contributed by atoms with Gasteiger partial charge in [0, 0.05) is 42.7 Å². The van der Waals surface area contributed by atoms with E-state index >= 15 is 0 Å². The van der Waals surface area contributed by atoms with E-state index in [0.717, 1.165) is 18.2 Å². The topological polar surface area (TPSA) is 221 Å². The van der Waals surface area contributed by atoms with Crippen LogP contribution in [0.4, 0.5) is 74.9 Å². The largest absolute Gasteiger partial charge is 0.416 e. The molecule has 3 aromatic carbocycles. The molecule has 1 aliphatic carbocycles. The quantitative estimate of drug-likeness (QED) is 0.0678. The molecule has 82 heavy (non-hydrogen) atoms. The maximum Gasteiger partial charge on any atom is 0.416 e. The number of rotatable bonds is 16. The molecule has 9 aromatic rings. The zero-order valence-electron chi connectivity index (χ0n) is 41.9. The predicted molar refractivity (Wildman–Crippen MR) is 261 cm³/mol. The first-order chi connectivity index (χ1) is 39.0. The van der Waals surface area contributed by atoms with Crippen molar-refractivity contribution in [2.75, 3.05) is 22.1 Å². The number of benzene rings is 3. The van der Waals surface area contributed by atoms with Crippen molar-refractivity contribution in [1.29, 1.82) is 0 Å². The summed E-state index contributed by atoms with van der Waals surface area (Å²) in [6.45, 7) is 3.37. The fourth-order valence-electron chi connectivity index (χ4n) is 7.73. The van der Waals surface area contributed by atoms with Crippen molar-refractivity contribution in [2.24, 2.45) is 0 Å². The van der Waals surface area contributed by atoms with E-state index in [9.17, 15) is 57.1 Å². The van der Waals surface area contributed by atoms with Gasteiger partial charge in [0.05, 0.1) is 52.0 Å². The second-order valence-corrected chi connectivity index (χ2v) is 17.3. The van der Waals surface area contributed by atoms with Crippen molar-refractivity contribution in [1.82, 2.24) is 60.5 Å². The molecule has 2 unspecified atom stereocenters. The first-order valence-corrected chi connectivity index (χ1v) is 23.7. The number of hydrogen-bond donors (Lipinski definition) is 2. The van der Waals surface area contributed by atoms with E-state index in [2.05, 4.69) is 77.0 Å². The van der Waals surface area contributed by atoms with Crippen molar-refractivity contribution in [2.45, 2.75) is 75.9 Å². The van der Waals surface area contributed by atoms with Crippen molar-refractivity contribution in [3.05, 3.63) is 161 Å². The molecule has 0 aliphatic heterocycles. The van der Waals surface area contributed by atoms with Crippen LogP contribution in [0.5, 0.6) is 0 Å². The Morgan fingerprint density at radius 2 is 1.02 bits per heavy atom. The molecule has 31 heteroatoms. The molecule has 1 aliphatic rings. The van der Waals surface area contributed by atoms with Crippen LogP contribution in [0.2, 0.25) is 0 Å². The summed E-state index contributed by atoms with van der Waals surface area (Å²) in [4.78, 5) is 26.2. The lowest BCUT2D eigenvalue weighted by Gasteiger charge is -2.31. The first-order valence-electron chi connectivity index (χ1n) is 23.7. The minimum absolute atomic E-state index is 0.0381. The van der Waals surface area contributed by atoms with Gasteiger partial charge in [-0.25, -0.2) is 34.3 Å². The highest BCUT2D eigenvalue weighted by molar-refractivity contribution is 5.54. The predicted octanol–water partition coefficient (Wildman–Crippen LogP) is 13.0. The van der Waals surface area contributed by atoms with Gasteiger partial charge in [0.15, 0.2) is 0 Å². The second-order valence-electron chi connectivity index (χ2n) is 17.3. The number of alkyl halides is 12. The molecule has 1 saturated carbocycles. The molecule has 426 valence electrons. The van der Waals surface area contributed by atoms with Crippen molar-refractivity contribution in [3.63, 3.8) is 0 Å². The molecule has 2 N–H and O–H groups in total. The van der Waals surface area contributed by atoms with Crippen LogP contribution in [0.15, 0.2) is 123 Å². The van der Waals surface area contributed by atoms with E-state index < -0.39 is 78.1 Å². The molecular formula is C51H38F13N15O3. The van der Waals surface area contributed by atoms with Gasteiger partial charge in [0.25, 0.3) is 35.3 Å². The number of nitrogens with one attached hydrogen (secondary N) is 2. The van der Waals surface area contributed by atoms with Gasteiger partial charge in [-0.3, -0.25) is 0 Å². The number of aromatic nitrogens is 12. The lowest BCUT2D eigenvalue weighted by atomic mass is 10.0. The molecule has 2 atom stereocenters. The Labute approximate surface area is 453 Å². The van der Waals surface area contributed by atoms with Gasteiger partial charge in [-0.2, -0.15) is 52.7 Å². The van der Waals surface area contributed by atoms with Crippen LogP contribution in [-0.4, -0.2) is 67.0 Å². The van der Waals surface area contributed by atoms with Gasteiger partial charge in [0.2, 0.25) is 17.8 Å². The Morgan fingerprint density at radius 3 is 1.45 bits per heavy atom. The summed E-state index contributed by atoms with van der Waals surface area (Å²) in [7, 11) is 0. The third-order valence-corrected chi connectivity index (χ3v) is 11.8. The van der Waals surface area contributed by atoms with Crippen LogP contribution < -0.4 is 15.5 Å². The van der Waals surface area contributed by atoms with E-state index in [1.807, 2.05) is 0 Å². The standard InChI is InChI=1S/C19H14F3N5O.2C16H12F5N5O/c1-2-9-27(19(7-8-19)13-5-3-4-6-14(13)20)18-23-10-12(11-24-18)16-25-26-17(28-16)15(21)22;1-8(9-3-2-4-11(5-9)16(19,20)21)24-15-22-6-10(7-23-15)13-25-26-14(27-13)12(17)18;1-8(10-4-2-3-5-11(10)16(19,20)21)24-15-22-6-9(7-23-15)13-25-26-14(27-13)12(17)18/h1,3-6,10-11,15H,7-9H2;2*2-8,12H,1H3,(H,22,23,24). The van der Waals surface area contributed by atoms with Gasteiger partial charge in [0.1, 0.15) is 5.82 Å². The molecular weight excluding hydrogens is 1120 g/mol. The van der Waals surface area contributed by atoms with Crippen LogP contribution in [0.25, 0.3) is 34.4 Å². The summed E-state index contributed by atoms with van der Waals surface area (Å²) in [5, 5.41) is 25.8. The fourth-order valence-corrected chi connectivity index (χ4v) is 7.73. The minimum atomic E-state index is -4.49. The summed E-state index contributed by atoms with van der Waals surface area (Å²) in [5.74, 6) is -0.141. The molecule has 0 bridgehead atoms. The average Bonchev–Trinajstić information content (AvgIpc) is 4.06. The van der Waals surface area contributed by atoms with Crippen LogP contribution >= 0.6 is 0 Å². The SMILES string of the molecule is C#CCN(c1ncc(-c2nnc(C(F)F)o2)cn1)C1(c2ccccc2F)CC1.CC(Nc1ncc(-c2nnc(C(F)F)o2)cn1)c1cccc(C(F)(F)F)c1.CC(Nc1ncc(-c2nnc(C(F)F)o2)cn1)c1ccccc1C(F)(F)F. The van der Waals surface area contributed by atoms with Crippen molar-refractivity contribution < 1.29 is 70.3 Å². The van der Waals surface area contributed by atoms with E-state index in [1.165, 1.54) is 74.4 Å². The van der Waals surface area contributed by atoms with Gasteiger partial charge >= 0.3 is 31.6 Å². The second kappa shape index (κ2) is 24.8. The summed E-state index contributed by atoms with van der Waals surface area (Å²) in [6, 6.07) is 15.3. The lowest BCUT2D eigenvalue weighted by Crippen LogP contribution is -2.37. The van der Waals surface area contributed by atoms with Crippen LogP contribution in [0.1, 0.15) is 104 Å². The van der Waals surface area contributed by atoms with E-state index in [4.69, 9.17) is 19.7 Å². The monoisotopic (exact) mass is 1160 g/mol. The number of halogens is 13. The number of nitrogens with zero attached hydrogens (tertiary/aromatic N) is 13. The van der Waals surface area contributed by atoms with Gasteiger partial charge in [-0.15, -0.1) is 37.0 Å². The summed E-state index contributed by atoms with van der Waals surface area (Å²) in [5.41, 5.74) is -0.423. The minimum Gasteiger partial charge on any atom is -0.415 e. The zero-order chi connectivity index (χ0) is 58.9. The fraction of sp³-hybridized carbons (Fsp3) is 0.255. The highest BCUT2D eigenvalue weighted by Crippen LogP contribution is 2.52. The molecule has 6 heterocycles. The number of terminal acetylenes is 1. The van der Waals surface area contributed by atoms with E-state index in [-0.39, 0.29) is 58.6 Å². The van der Waals surface area contributed by atoms with Crippen molar-refractivity contribution >= 4 is 17.8 Å². The zero-order valence-corrected chi connectivity index (χ0v) is 41.9. The number of anilines is 3. The Morgan fingerprint density at radius 1 is 0.573 bits per heavy atom. The van der Waals surface area contributed by atoms with Crippen LogP contribution in [0.3, 0.4) is 0 Å². The third-order valence-electron chi connectivity index (χ3n) is 11.8. The van der Waals surface area contributed by atoms with Crippen LogP contribution in [0, 0.1) is 18.2 Å². The maximum absolute atomic E-state index is 14.4. The van der Waals surface area contributed by atoms with Gasteiger partial charge in [-0.05, 0) is 62.1 Å². The number of hydrogen-bond acceptors (Lipinski definition) is 18.